The predicted octanol–water partition coefficient (Wildman–Crippen LogP) is 2.39. The van der Waals surface area contributed by atoms with Crippen molar-refractivity contribution >= 4 is 5.97 Å². The molecule has 2 atom stereocenters. The molecule has 120 valence electrons. The number of hydrogen-bond acceptors (Lipinski definition) is 4. The van der Waals surface area contributed by atoms with Crippen molar-refractivity contribution in [3.63, 3.8) is 0 Å². The van der Waals surface area contributed by atoms with E-state index in [1.54, 1.807) is 14.2 Å². The van der Waals surface area contributed by atoms with E-state index >= 15 is 0 Å². The summed E-state index contributed by atoms with van der Waals surface area (Å²) in [6.45, 7) is 2.25. The number of carbonyl (C=O) groups is 1. The highest BCUT2D eigenvalue weighted by molar-refractivity contribution is 5.76. The number of nitrogens with zero attached hydrogens (tertiary/aromatic N) is 1. The molecule has 0 aromatic heterocycles. The highest BCUT2D eigenvalue weighted by atomic mass is 16.5. The fourth-order valence-electron chi connectivity index (χ4n) is 4.08. The zero-order valence-electron chi connectivity index (χ0n) is 13.2. The normalized spacial score (nSPS) is 27.6. The van der Waals surface area contributed by atoms with Gasteiger partial charge in [0.15, 0.2) is 0 Å². The molecule has 0 spiro atoms. The lowest BCUT2D eigenvalue weighted by Crippen LogP contribution is -2.35. The Morgan fingerprint density at radius 1 is 1.32 bits per heavy atom. The van der Waals surface area contributed by atoms with E-state index < -0.39 is 11.4 Å². The molecule has 0 unspecified atom stereocenters. The van der Waals surface area contributed by atoms with Gasteiger partial charge in [-0.25, -0.2) is 0 Å². The second kappa shape index (κ2) is 5.80. The van der Waals surface area contributed by atoms with Gasteiger partial charge in [0, 0.05) is 25.7 Å². The van der Waals surface area contributed by atoms with Crippen LogP contribution in [0.5, 0.6) is 11.5 Å². The predicted molar refractivity (Wildman–Crippen MR) is 82.2 cm³/mol. The summed E-state index contributed by atoms with van der Waals surface area (Å²) >= 11 is 0. The maximum absolute atomic E-state index is 11.7. The first kappa shape index (κ1) is 15.2. The van der Waals surface area contributed by atoms with Crippen LogP contribution in [-0.2, 0) is 11.3 Å². The quantitative estimate of drug-likeness (QED) is 0.905. The molecule has 0 radical (unpaired) electrons. The van der Waals surface area contributed by atoms with E-state index in [1.165, 1.54) is 0 Å². The number of fused-ring (bicyclic) bond motifs is 1. The van der Waals surface area contributed by atoms with E-state index in [-0.39, 0.29) is 5.92 Å². The number of likely N-dealkylation sites (tertiary alicyclic amines) is 1. The zero-order valence-corrected chi connectivity index (χ0v) is 13.2. The molecule has 1 aromatic rings. The number of rotatable bonds is 5. The van der Waals surface area contributed by atoms with E-state index in [2.05, 4.69) is 4.90 Å². The van der Waals surface area contributed by atoms with Crippen LogP contribution in [0.25, 0.3) is 0 Å². The maximum atomic E-state index is 11.7. The molecule has 1 heterocycles. The molecule has 1 saturated heterocycles. The lowest BCUT2D eigenvalue weighted by molar-refractivity contribution is -0.149. The third-order valence-electron chi connectivity index (χ3n) is 5.18. The van der Waals surface area contributed by atoms with Gasteiger partial charge in [-0.15, -0.1) is 0 Å². The van der Waals surface area contributed by atoms with Crippen molar-refractivity contribution in [1.29, 1.82) is 0 Å². The second-order valence-corrected chi connectivity index (χ2v) is 6.44. The number of methoxy groups -OCH3 is 2. The average molecular weight is 305 g/mol. The van der Waals surface area contributed by atoms with Crippen molar-refractivity contribution in [3.05, 3.63) is 23.8 Å². The lowest BCUT2D eigenvalue weighted by Gasteiger charge is -2.23. The lowest BCUT2D eigenvalue weighted by atomic mass is 9.81. The van der Waals surface area contributed by atoms with Crippen LogP contribution in [0.3, 0.4) is 0 Å². The average Bonchev–Trinajstić information content (AvgIpc) is 3.04. The molecule has 0 amide bonds. The smallest absolute Gasteiger partial charge is 0.311 e. The summed E-state index contributed by atoms with van der Waals surface area (Å²) < 4.78 is 10.6. The topological polar surface area (TPSA) is 59.0 Å². The van der Waals surface area contributed by atoms with Crippen molar-refractivity contribution in [2.24, 2.45) is 11.3 Å². The number of ether oxygens (including phenoxy) is 2. The summed E-state index contributed by atoms with van der Waals surface area (Å²) in [7, 11) is 3.27. The largest absolute Gasteiger partial charge is 0.497 e. The van der Waals surface area contributed by atoms with Crippen LogP contribution >= 0.6 is 0 Å². The van der Waals surface area contributed by atoms with Crippen molar-refractivity contribution in [1.82, 2.24) is 4.90 Å². The summed E-state index contributed by atoms with van der Waals surface area (Å²) in [4.78, 5) is 14.0. The number of hydrogen-bond donors (Lipinski definition) is 1. The minimum atomic E-state index is -0.624. The summed E-state index contributed by atoms with van der Waals surface area (Å²) in [5, 5.41) is 9.66. The molecule has 1 aliphatic carbocycles. The molecule has 2 aliphatic rings. The van der Waals surface area contributed by atoms with Crippen molar-refractivity contribution in [2.75, 3.05) is 27.3 Å². The van der Waals surface area contributed by atoms with Crippen LogP contribution in [0.4, 0.5) is 0 Å². The van der Waals surface area contributed by atoms with E-state index in [4.69, 9.17) is 9.47 Å². The Hall–Kier alpha value is -1.75. The summed E-state index contributed by atoms with van der Waals surface area (Å²) in [5.41, 5.74) is 0.569. The van der Waals surface area contributed by atoms with Gasteiger partial charge in [-0.2, -0.15) is 0 Å². The van der Waals surface area contributed by atoms with Crippen LogP contribution in [-0.4, -0.2) is 43.3 Å². The van der Waals surface area contributed by atoms with Crippen LogP contribution in [0.15, 0.2) is 18.2 Å². The Morgan fingerprint density at radius 2 is 2.00 bits per heavy atom. The molecule has 0 bridgehead atoms. The Morgan fingerprint density at radius 3 is 2.55 bits per heavy atom. The molecule has 22 heavy (non-hydrogen) atoms. The molecule has 3 rings (SSSR count). The van der Waals surface area contributed by atoms with Gasteiger partial charge in [0.25, 0.3) is 0 Å². The third-order valence-corrected chi connectivity index (χ3v) is 5.18. The van der Waals surface area contributed by atoms with Crippen LogP contribution < -0.4 is 9.47 Å². The first-order chi connectivity index (χ1) is 10.6. The van der Waals surface area contributed by atoms with Gasteiger partial charge in [0.1, 0.15) is 11.5 Å². The molecule has 2 fully saturated rings. The van der Waals surface area contributed by atoms with Gasteiger partial charge < -0.3 is 14.6 Å². The number of aliphatic carboxylic acids is 1. The molecule has 1 aliphatic heterocycles. The zero-order chi connectivity index (χ0) is 15.7. The second-order valence-electron chi connectivity index (χ2n) is 6.44. The number of carboxylic acid groups (broad SMARTS) is 1. The van der Waals surface area contributed by atoms with E-state index in [0.29, 0.717) is 6.54 Å². The Kier molecular flexibility index (Phi) is 4.00. The van der Waals surface area contributed by atoms with Gasteiger partial charge in [0.2, 0.25) is 0 Å². The number of benzene rings is 1. The highest BCUT2D eigenvalue weighted by Crippen LogP contribution is 2.49. The molecule has 5 nitrogen and oxygen atoms in total. The van der Waals surface area contributed by atoms with Gasteiger partial charge >= 0.3 is 5.97 Å². The van der Waals surface area contributed by atoms with Crippen LogP contribution in [0.1, 0.15) is 24.8 Å². The first-order valence-electron chi connectivity index (χ1n) is 7.75. The summed E-state index contributed by atoms with van der Waals surface area (Å²) in [5.74, 6) is 1.20. The van der Waals surface area contributed by atoms with Gasteiger partial charge in [-0.3, -0.25) is 9.69 Å². The molecule has 1 saturated carbocycles. The fraction of sp³-hybridized carbons (Fsp3) is 0.588. The molecular weight excluding hydrogens is 282 g/mol. The van der Waals surface area contributed by atoms with Gasteiger partial charge in [0.05, 0.1) is 19.6 Å². The molecule has 1 N–H and O–H groups in total. The van der Waals surface area contributed by atoms with Gasteiger partial charge in [-0.05, 0) is 36.5 Å². The fourth-order valence-corrected chi connectivity index (χ4v) is 4.08. The highest BCUT2D eigenvalue weighted by Gasteiger charge is 2.54. The first-order valence-corrected chi connectivity index (χ1v) is 7.75. The van der Waals surface area contributed by atoms with E-state index in [9.17, 15) is 9.90 Å². The Labute approximate surface area is 130 Å². The molecule has 5 heteroatoms. The summed E-state index contributed by atoms with van der Waals surface area (Å²) in [6.07, 6.45) is 2.88. The minimum absolute atomic E-state index is 0.289. The summed E-state index contributed by atoms with van der Waals surface area (Å²) in [6, 6.07) is 5.83. The van der Waals surface area contributed by atoms with Crippen LogP contribution in [0.2, 0.25) is 0 Å². The van der Waals surface area contributed by atoms with E-state index in [1.807, 2.05) is 18.2 Å². The molecule has 1 aromatic carbocycles. The SMILES string of the molecule is COc1cc(CN2C[C@@H]3CCC[C@@]3(C(=O)O)C2)cc(OC)c1. The third kappa shape index (κ3) is 2.54. The minimum Gasteiger partial charge on any atom is -0.497 e. The van der Waals surface area contributed by atoms with Crippen molar-refractivity contribution in [3.8, 4) is 11.5 Å². The Balaban J connectivity index is 1.76. The van der Waals surface area contributed by atoms with E-state index in [0.717, 1.165) is 49.4 Å². The van der Waals surface area contributed by atoms with Crippen LogP contribution in [0, 0.1) is 11.3 Å². The van der Waals surface area contributed by atoms with Crippen molar-refractivity contribution in [2.45, 2.75) is 25.8 Å². The monoisotopic (exact) mass is 305 g/mol. The maximum Gasteiger partial charge on any atom is 0.311 e. The standard InChI is InChI=1S/C17H23NO4/c1-21-14-6-12(7-15(8-14)22-2)9-18-10-13-4-3-5-17(13,11-18)16(19)20/h6-8,13H,3-5,9-11H2,1-2H3,(H,19,20)/t13-,17+/m0/s1. The van der Waals surface area contributed by atoms with Crippen molar-refractivity contribution < 1.29 is 19.4 Å². The van der Waals surface area contributed by atoms with Gasteiger partial charge in [-0.1, -0.05) is 6.42 Å². The molecular formula is C17H23NO4. The number of carboxylic acids is 1. The Bertz CT molecular complexity index is 552.